The summed E-state index contributed by atoms with van der Waals surface area (Å²) in [6.07, 6.45) is 1.70. The Bertz CT molecular complexity index is 979. The molecule has 144 valence electrons. The predicted octanol–water partition coefficient (Wildman–Crippen LogP) is 3.10. The molecule has 0 radical (unpaired) electrons. The van der Waals surface area contributed by atoms with E-state index in [1.807, 2.05) is 68.4 Å². The van der Waals surface area contributed by atoms with E-state index in [1.54, 1.807) is 17.8 Å². The van der Waals surface area contributed by atoms with Crippen LogP contribution in [0.3, 0.4) is 0 Å². The molecule has 1 heterocycles. The van der Waals surface area contributed by atoms with Crippen molar-refractivity contribution in [2.24, 2.45) is 0 Å². The molecule has 1 atom stereocenters. The zero-order valence-corrected chi connectivity index (χ0v) is 16.3. The zero-order chi connectivity index (χ0) is 20.1. The lowest BCUT2D eigenvalue weighted by Crippen LogP contribution is -2.44. The summed E-state index contributed by atoms with van der Waals surface area (Å²) in [5.74, 6) is -0.555. The second-order valence-electron chi connectivity index (χ2n) is 6.63. The quantitative estimate of drug-likeness (QED) is 0.694. The van der Waals surface area contributed by atoms with Gasteiger partial charge >= 0.3 is 0 Å². The average molecular weight is 376 g/mol. The van der Waals surface area contributed by atoms with Crippen molar-refractivity contribution in [2.45, 2.75) is 26.8 Å². The molecular weight excluding hydrogens is 352 g/mol. The Balaban J connectivity index is 1.99. The van der Waals surface area contributed by atoms with Crippen molar-refractivity contribution < 1.29 is 9.59 Å². The van der Waals surface area contributed by atoms with Gasteiger partial charge in [0.15, 0.2) is 0 Å². The Kier molecular flexibility index (Phi) is 5.89. The number of carbonyl (C=O) groups is 2. The molecule has 0 unspecified atom stereocenters. The average Bonchev–Trinajstić information content (AvgIpc) is 3.14. The van der Waals surface area contributed by atoms with E-state index in [9.17, 15) is 9.59 Å². The van der Waals surface area contributed by atoms with Crippen molar-refractivity contribution >= 4 is 11.8 Å². The summed E-state index contributed by atoms with van der Waals surface area (Å²) in [6, 6.07) is 16.8. The maximum absolute atomic E-state index is 12.9. The van der Waals surface area contributed by atoms with Crippen molar-refractivity contribution in [3.63, 3.8) is 0 Å². The summed E-state index contributed by atoms with van der Waals surface area (Å²) in [6.45, 7) is 6.01. The van der Waals surface area contributed by atoms with Gasteiger partial charge in [-0.05, 0) is 39.0 Å². The summed E-state index contributed by atoms with van der Waals surface area (Å²) < 4.78 is 1.68. The van der Waals surface area contributed by atoms with Crippen LogP contribution in [0.2, 0.25) is 0 Å². The third kappa shape index (κ3) is 4.28. The van der Waals surface area contributed by atoms with Crippen LogP contribution in [0, 0.1) is 6.92 Å². The first-order valence-corrected chi connectivity index (χ1v) is 9.30. The molecule has 28 heavy (non-hydrogen) atoms. The van der Waals surface area contributed by atoms with E-state index in [2.05, 4.69) is 15.7 Å². The van der Waals surface area contributed by atoms with Gasteiger partial charge in [-0.15, -0.1) is 0 Å². The molecule has 0 aliphatic rings. The highest BCUT2D eigenvalue weighted by Gasteiger charge is 2.22. The van der Waals surface area contributed by atoms with E-state index in [4.69, 9.17) is 0 Å². The second kappa shape index (κ2) is 8.52. The predicted molar refractivity (Wildman–Crippen MR) is 109 cm³/mol. The summed E-state index contributed by atoms with van der Waals surface area (Å²) >= 11 is 0. The van der Waals surface area contributed by atoms with Crippen molar-refractivity contribution in [1.82, 2.24) is 20.4 Å². The number of hydrogen-bond acceptors (Lipinski definition) is 3. The van der Waals surface area contributed by atoms with Gasteiger partial charge in [-0.3, -0.25) is 9.59 Å². The fourth-order valence-electron chi connectivity index (χ4n) is 2.93. The molecule has 0 spiro atoms. The van der Waals surface area contributed by atoms with Gasteiger partial charge in [0, 0.05) is 18.3 Å². The maximum Gasteiger partial charge on any atom is 0.255 e. The van der Waals surface area contributed by atoms with Crippen LogP contribution >= 0.6 is 0 Å². The number of hydrogen-bond donors (Lipinski definition) is 2. The monoisotopic (exact) mass is 376 g/mol. The number of rotatable bonds is 6. The van der Waals surface area contributed by atoms with Crippen LogP contribution < -0.4 is 10.6 Å². The fourth-order valence-corrected chi connectivity index (χ4v) is 2.93. The summed E-state index contributed by atoms with van der Waals surface area (Å²) in [7, 11) is 0. The normalized spacial score (nSPS) is 11.7. The lowest BCUT2D eigenvalue weighted by molar-refractivity contribution is -0.122. The highest BCUT2D eigenvalue weighted by Crippen LogP contribution is 2.24. The molecule has 3 aromatic rings. The number of benzene rings is 2. The third-order valence-electron chi connectivity index (χ3n) is 4.36. The van der Waals surface area contributed by atoms with Gasteiger partial charge in [-0.25, -0.2) is 4.68 Å². The van der Waals surface area contributed by atoms with Crippen LogP contribution in [-0.4, -0.2) is 34.2 Å². The number of likely N-dealkylation sites (N-methyl/N-ethyl adjacent to an activating group) is 1. The van der Waals surface area contributed by atoms with E-state index in [1.165, 1.54) is 0 Å². The highest BCUT2D eigenvalue weighted by molar-refractivity contribution is 6.02. The van der Waals surface area contributed by atoms with Crippen LogP contribution in [0.4, 0.5) is 0 Å². The molecule has 0 saturated heterocycles. The Labute approximate surface area is 164 Å². The molecule has 2 amide bonds. The van der Waals surface area contributed by atoms with Crippen LogP contribution in [0.5, 0.6) is 0 Å². The Morgan fingerprint density at radius 3 is 2.54 bits per heavy atom. The largest absolute Gasteiger partial charge is 0.355 e. The maximum atomic E-state index is 12.9. The molecule has 6 nitrogen and oxygen atoms in total. The molecule has 0 aliphatic heterocycles. The van der Waals surface area contributed by atoms with Crippen molar-refractivity contribution in [3.05, 3.63) is 71.9 Å². The minimum absolute atomic E-state index is 0.219. The van der Waals surface area contributed by atoms with Gasteiger partial charge in [0.05, 0.1) is 11.3 Å². The minimum Gasteiger partial charge on any atom is -0.355 e. The first-order chi connectivity index (χ1) is 13.5. The molecule has 0 saturated carbocycles. The third-order valence-corrected chi connectivity index (χ3v) is 4.36. The van der Waals surface area contributed by atoms with Gasteiger partial charge in [0.25, 0.3) is 5.91 Å². The van der Waals surface area contributed by atoms with Gasteiger partial charge in [0.2, 0.25) is 5.91 Å². The van der Waals surface area contributed by atoms with Crippen molar-refractivity contribution in [2.75, 3.05) is 6.54 Å². The van der Waals surface area contributed by atoms with Gasteiger partial charge < -0.3 is 10.6 Å². The zero-order valence-electron chi connectivity index (χ0n) is 16.3. The van der Waals surface area contributed by atoms with Gasteiger partial charge in [-0.2, -0.15) is 5.10 Å². The molecule has 1 aromatic heterocycles. The molecule has 3 rings (SSSR count). The van der Waals surface area contributed by atoms with E-state index in [-0.39, 0.29) is 11.8 Å². The molecule has 2 aromatic carbocycles. The van der Waals surface area contributed by atoms with Crippen molar-refractivity contribution in [1.29, 1.82) is 0 Å². The molecule has 0 bridgehead atoms. The fraction of sp³-hybridized carbons (Fsp3) is 0.227. The van der Waals surface area contributed by atoms with Crippen LogP contribution in [0.1, 0.15) is 29.8 Å². The lowest BCUT2D eigenvalue weighted by Gasteiger charge is -2.13. The topological polar surface area (TPSA) is 76.0 Å². The summed E-state index contributed by atoms with van der Waals surface area (Å²) in [5.41, 5.74) is 3.78. The number of aromatic nitrogens is 2. The van der Waals surface area contributed by atoms with Gasteiger partial charge in [0.1, 0.15) is 11.7 Å². The van der Waals surface area contributed by atoms with Gasteiger partial charge in [-0.1, -0.05) is 42.0 Å². The van der Waals surface area contributed by atoms with E-state index in [0.29, 0.717) is 17.8 Å². The Morgan fingerprint density at radius 2 is 1.86 bits per heavy atom. The molecular formula is C22H24N4O2. The number of carbonyl (C=O) groups excluding carboxylic acids is 2. The molecule has 0 aliphatic carbocycles. The smallest absolute Gasteiger partial charge is 0.255 e. The number of amides is 2. The minimum atomic E-state index is -0.641. The van der Waals surface area contributed by atoms with E-state index in [0.717, 1.165) is 16.8 Å². The summed E-state index contributed by atoms with van der Waals surface area (Å²) in [4.78, 5) is 24.9. The summed E-state index contributed by atoms with van der Waals surface area (Å²) in [5, 5.41) is 10.1. The Morgan fingerprint density at radius 1 is 1.11 bits per heavy atom. The van der Waals surface area contributed by atoms with E-state index < -0.39 is 6.04 Å². The second-order valence-corrected chi connectivity index (χ2v) is 6.63. The van der Waals surface area contributed by atoms with E-state index >= 15 is 0 Å². The first-order valence-electron chi connectivity index (χ1n) is 9.30. The Hall–Kier alpha value is -3.41. The number of aryl methyl sites for hydroxylation is 1. The highest BCUT2D eigenvalue weighted by atomic mass is 16.2. The number of nitrogens with one attached hydrogen (secondary N) is 2. The van der Waals surface area contributed by atoms with Crippen LogP contribution in [0.25, 0.3) is 16.9 Å². The SMILES string of the molecule is CCNC(=O)[C@H](C)NC(=O)c1cn(-c2ccccc2)nc1-c1cccc(C)c1. The van der Waals surface area contributed by atoms with Crippen molar-refractivity contribution in [3.8, 4) is 16.9 Å². The number of para-hydroxylation sites is 1. The lowest BCUT2D eigenvalue weighted by atomic mass is 10.1. The number of nitrogens with zero attached hydrogens (tertiary/aromatic N) is 2. The standard InChI is InChI=1S/C22H24N4O2/c1-4-23-21(27)16(3)24-22(28)19-14-26(18-11-6-5-7-12-18)25-20(19)17-10-8-9-15(2)13-17/h5-14,16H,4H2,1-3H3,(H,23,27)(H,24,28)/t16-/m0/s1. The molecule has 0 fully saturated rings. The van der Waals surface area contributed by atoms with Crippen LogP contribution in [0.15, 0.2) is 60.8 Å². The van der Waals surface area contributed by atoms with Crippen LogP contribution in [-0.2, 0) is 4.79 Å². The first kappa shape index (κ1) is 19.4. The molecule has 6 heteroatoms. The molecule has 2 N–H and O–H groups in total.